The van der Waals surface area contributed by atoms with Crippen LogP contribution in [-0.2, 0) is 6.54 Å². The number of aromatic nitrogens is 1. The predicted molar refractivity (Wildman–Crippen MR) is 79.1 cm³/mol. The fourth-order valence-corrected chi connectivity index (χ4v) is 2.38. The molecule has 0 radical (unpaired) electrons. The largest absolute Gasteiger partial charge is 0.351 e. The van der Waals surface area contributed by atoms with E-state index < -0.39 is 0 Å². The summed E-state index contributed by atoms with van der Waals surface area (Å²) >= 11 is 0. The highest BCUT2D eigenvalue weighted by Crippen LogP contribution is 2.32. The highest BCUT2D eigenvalue weighted by Gasteiger charge is 2.26. The quantitative estimate of drug-likeness (QED) is 0.842. The van der Waals surface area contributed by atoms with Crippen molar-refractivity contribution in [3.63, 3.8) is 0 Å². The van der Waals surface area contributed by atoms with Crippen LogP contribution in [-0.4, -0.2) is 11.5 Å². The highest BCUT2D eigenvalue weighted by molar-refractivity contribution is 5.53. The van der Waals surface area contributed by atoms with Crippen LogP contribution >= 0.6 is 0 Å². The minimum atomic E-state index is -0.233. The van der Waals surface area contributed by atoms with E-state index in [9.17, 15) is 9.65 Å². The average molecular weight is 281 g/mol. The van der Waals surface area contributed by atoms with Gasteiger partial charge in [0.15, 0.2) is 0 Å². The average Bonchev–Trinajstić information content (AvgIpc) is 3.33. The van der Waals surface area contributed by atoms with Crippen LogP contribution in [0.15, 0.2) is 42.6 Å². The topological polar surface area (TPSA) is 39.9 Å². The lowest BCUT2D eigenvalue weighted by Gasteiger charge is -2.24. The van der Waals surface area contributed by atoms with E-state index in [1.54, 1.807) is 30.5 Å². The van der Waals surface area contributed by atoms with Crippen LogP contribution in [0.5, 0.6) is 0 Å². The van der Waals surface area contributed by atoms with Gasteiger partial charge in [0, 0.05) is 19.3 Å². The first-order valence-electron chi connectivity index (χ1n) is 7.11. The van der Waals surface area contributed by atoms with Gasteiger partial charge in [-0.15, -0.1) is 0 Å². The molecule has 0 amide bonds. The Kier molecular flexibility index (Phi) is 3.83. The molecule has 4 heteroatoms. The smallest absolute Gasteiger partial charge is 0.146 e. The van der Waals surface area contributed by atoms with Gasteiger partial charge in [-0.25, -0.2) is 9.37 Å². The van der Waals surface area contributed by atoms with E-state index in [4.69, 9.17) is 0 Å². The summed E-state index contributed by atoms with van der Waals surface area (Å²) in [6.07, 6.45) is 4.17. The lowest BCUT2D eigenvalue weighted by molar-refractivity contribution is 0.626. The fourth-order valence-electron chi connectivity index (χ4n) is 2.38. The monoisotopic (exact) mass is 281 g/mol. The van der Waals surface area contributed by atoms with Gasteiger partial charge in [0.1, 0.15) is 17.7 Å². The number of benzene rings is 1. The molecule has 106 valence electrons. The maximum absolute atomic E-state index is 13.0. The maximum Gasteiger partial charge on any atom is 0.146 e. The first-order valence-corrected chi connectivity index (χ1v) is 7.11. The van der Waals surface area contributed by atoms with E-state index >= 15 is 0 Å². The van der Waals surface area contributed by atoms with Gasteiger partial charge in [-0.3, -0.25) is 0 Å². The Morgan fingerprint density at radius 1 is 1.24 bits per heavy atom. The Balaban J connectivity index is 1.86. The van der Waals surface area contributed by atoms with Gasteiger partial charge in [0.2, 0.25) is 0 Å². The summed E-state index contributed by atoms with van der Waals surface area (Å²) in [6.45, 7) is 1.53. The molecule has 1 fully saturated rings. The highest BCUT2D eigenvalue weighted by atomic mass is 19.1. The van der Waals surface area contributed by atoms with Crippen molar-refractivity contribution in [3.05, 3.63) is 59.5 Å². The van der Waals surface area contributed by atoms with E-state index in [1.807, 2.05) is 0 Å². The first kappa shape index (κ1) is 13.6. The van der Waals surface area contributed by atoms with E-state index in [1.165, 1.54) is 25.0 Å². The molecule has 1 aliphatic carbocycles. The molecule has 1 aliphatic rings. The minimum Gasteiger partial charge on any atom is -0.351 e. The van der Waals surface area contributed by atoms with Crippen LogP contribution in [0.2, 0.25) is 0 Å². The van der Waals surface area contributed by atoms with Crippen molar-refractivity contribution in [2.24, 2.45) is 5.92 Å². The molecule has 1 aromatic heterocycles. The summed E-state index contributed by atoms with van der Waals surface area (Å²) in [4.78, 5) is 6.50. The molecule has 3 nitrogen and oxygen atoms in total. The number of rotatable bonds is 5. The van der Waals surface area contributed by atoms with E-state index in [0.29, 0.717) is 18.0 Å². The minimum absolute atomic E-state index is 0.233. The molecule has 0 unspecified atom stereocenters. The Morgan fingerprint density at radius 3 is 2.67 bits per heavy atom. The van der Waals surface area contributed by atoms with Crippen molar-refractivity contribution in [1.82, 2.24) is 4.98 Å². The predicted octanol–water partition coefficient (Wildman–Crippen LogP) is 3.51. The van der Waals surface area contributed by atoms with Gasteiger partial charge in [-0.2, -0.15) is 5.26 Å². The molecule has 1 aromatic carbocycles. The van der Waals surface area contributed by atoms with Crippen molar-refractivity contribution in [1.29, 1.82) is 5.26 Å². The number of anilines is 1. The lowest BCUT2D eigenvalue weighted by Crippen LogP contribution is -2.27. The standard InChI is InChI=1S/C17H16FN3/c18-16-7-5-14(6-8-16)12-21(11-13-3-4-13)17-15(10-19)2-1-9-20-17/h1-2,5-9,13H,3-4,11-12H2. The second kappa shape index (κ2) is 5.92. The van der Waals surface area contributed by atoms with Gasteiger partial charge in [-0.1, -0.05) is 12.1 Å². The number of nitriles is 1. The van der Waals surface area contributed by atoms with Crippen molar-refractivity contribution in [3.8, 4) is 6.07 Å². The van der Waals surface area contributed by atoms with Crippen LogP contribution < -0.4 is 4.90 Å². The van der Waals surface area contributed by atoms with E-state index in [-0.39, 0.29) is 5.82 Å². The molecule has 1 saturated carbocycles. The van der Waals surface area contributed by atoms with Crippen molar-refractivity contribution in [2.75, 3.05) is 11.4 Å². The second-order valence-electron chi connectivity index (χ2n) is 5.44. The molecule has 0 saturated heterocycles. The summed E-state index contributed by atoms with van der Waals surface area (Å²) in [5.74, 6) is 1.17. The molecule has 0 atom stereocenters. The number of hydrogen-bond acceptors (Lipinski definition) is 3. The summed E-state index contributed by atoms with van der Waals surface area (Å²) < 4.78 is 13.0. The van der Waals surface area contributed by atoms with Gasteiger partial charge >= 0.3 is 0 Å². The van der Waals surface area contributed by atoms with Crippen molar-refractivity contribution in [2.45, 2.75) is 19.4 Å². The molecule has 0 spiro atoms. The number of hydrogen-bond donors (Lipinski definition) is 0. The molecular weight excluding hydrogens is 265 g/mol. The maximum atomic E-state index is 13.0. The SMILES string of the molecule is N#Cc1cccnc1N(Cc1ccc(F)cc1)CC1CC1. The van der Waals surface area contributed by atoms with Crippen molar-refractivity contribution < 1.29 is 4.39 Å². The number of pyridine rings is 1. The summed E-state index contributed by atoms with van der Waals surface area (Å²) in [7, 11) is 0. The van der Waals surface area contributed by atoms with Crippen molar-refractivity contribution >= 4 is 5.82 Å². The normalized spacial score (nSPS) is 13.7. The Hall–Kier alpha value is -2.41. The molecule has 0 bridgehead atoms. The van der Waals surface area contributed by atoms with Gasteiger partial charge in [0.05, 0.1) is 5.56 Å². The molecular formula is C17H16FN3. The van der Waals surface area contributed by atoms with Crippen LogP contribution in [0.3, 0.4) is 0 Å². The van der Waals surface area contributed by atoms with E-state index in [0.717, 1.165) is 17.9 Å². The molecule has 0 aliphatic heterocycles. The zero-order chi connectivity index (χ0) is 14.7. The zero-order valence-corrected chi connectivity index (χ0v) is 11.7. The van der Waals surface area contributed by atoms with Gasteiger partial charge < -0.3 is 4.90 Å². The summed E-state index contributed by atoms with van der Waals surface area (Å²) in [5.41, 5.74) is 1.60. The van der Waals surface area contributed by atoms with E-state index in [2.05, 4.69) is 16.0 Å². The number of halogens is 1. The molecule has 21 heavy (non-hydrogen) atoms. The third-order valence-corrected chi connectivity index (χ3v) is 3.67. The second-order valence-corrected chi connectivity index (χ2v) is 5.44. The molecule has 1 heterocycles. The zero-order valence-electron chi connectivity index (χ0n) is 11.7. The Labute approximate surface area is 123 Å². The van der Waals surface area contributed by atoms with Crippen LogP contribution in [0, 0.1) is 23.1 Å². The Bertz CT molecular complexity index is 656. The van der Waals surface area contributed by atoms with Gasteiger partial charge in [0.25, 0.3) is 0 Å². The van der Waals surface area contributed by atoms with Crippen LogP contribution in [0.1, 0.15) is 24.0 Å². The third kappa shape index (κ3) is 3.38. The lowest BCUT2D eigenvalue weighted by atomic mass is 10.1. The fraction of sp³-hybridized carbons (Fsp3) is 0.294. The third-order valence-electron chi connectivity index (χ3n) is 3.67. The van der Waals surface area contributed by atoms with Gasteiger partial charge in [-0.05, 0) is 48.6 Å². The molecule has 0 N–H and O–H groups in total. The van der Waals surface area contributed by atoms with Crippen LogP contribution in [0.25, 0.3) is 0 Å². The van der Waals surface area contributed by atoms with Crippen LogP contribution in [0.4, 0.5) is 10.2 Å². The summed E-state index contributed by atoms with van der Waals surface area (Å²) in [5, 5.41) is 9.25. The summed E-state index contributed by atoms with van der Waals surface area (Å²) in [6, 6.07) is 12.3. The number of nitrogens with zero attached hydrogens (tertiary/aromatic N) is 3. The first-order chi connectivity index (χ1) is 10.3. The molecule has 3 rings (SSSR count). The Morgan fingerprint density at radius 2 is 2.00 bits per heavy atom. The molecule has 2 aromatic rings.